The van der Waals surface area contributed by atoms with E-state index in [1.54, 1.807) is 24.3 Å². The highest BCUT2D eigenvalue weighted by molar-refractivity contribution is 6.42. The molecule has 22 heavy (non-hydrogen) atoms. The molecule has 1 atom stereocenters. The molecule has 2 amide bonds. The zero-order valence-electron chi connectivity index (χ0n) is 11.6. The predicted molar refractivity (Wildman–Crippen MR) is 87.2 cm³/mol. The van der Waals surface area contributed by atoms with E-state index in [2.05, 4.69) is 0 Å². The lowest BCUT2D eigenvalue weighted by molar-refractivity contribution is -0.122. The third-order valence-corrected chi connectivity index (χ3v) is 4.46. The van der Waals surface area contributed by atoms with Crippen LogP contribution in [0, 0.1) is 5.92 Å². The average Bonchev–Trinajstić information content (AvgIpc) is 2.78. The Hall–Kier alpha value is -1.84. The molecule has 0 aromatic heterocycles. The fourth-order valence-electron chi connectivity index (χ4n) is 2.65. The number of rotatable bonds is 3. The Kier molecular flexibility index (Phi) is 4.19. The van der Waals surface area contributed by atoms with Gasteiger partial charge in [0.15, 0.2) is 0 Å². The van der Waals surface area contributed by atoms with E-state index in [0.29, 0.717) is 22.2 Å². The largest absolute Gasteiger partial charge is 0.274 e. The smallest absolute Gasteiger partial charge is 0.237 e. The second-order valence-corrected chi connectivity index (χ2v) is 6.07. The number of carbonyl (C=O) groups is 2. The first-order valence-electron chi connectivity index (χ1n) is 6.92. The Labute approximate surface area is 138 Å². The molecule has 1 unspecified atom stereocenters. The fourth-order valence-corrected chi connectivity index (χ4v) is 2.97. The number of para-hydroxylation sites is 1. The molecule has 3 nitrogen and oxygen atoms in total. The van der Waals surface area contributed by atoms with Crippen LogP contribution in [0.5, 0.6) is 0 Å². The summed E-state index contributed by atoms with van der Waals surface area (Å²) in [5.74, 6) is -0.687. The van der Waals surface area contributed by atoms with E-state index in [4.69, 9.17) is 23.2 Å². The van der Waals surface area contributed by atoms with E-state index in [9.17, 15) is 9.59 Å². The van der Waals surface area contributed by atoms with E-state index in [1.807, 2.05) is 24.3 Å². The quantitative estimate of drug-likeness (QED) is 0.792. The second kappa shape index (κ2) is 6.11. The summed E-state index contributed by atoms with van der Waals surface area (Å²) in [6, 6.07) is 14.3. The van der Waals surface area contributed by atoms with Gasteiger partial charge in [0.05, 0.1) is 21.7 Å². The Balaban J connectivity index is 1.80. The SMILES string of the molecule is O=C1CC(Cc2ccc(Cl)c(Cl)c2)C(=O)N1c1ccccc1. The minimum Gasteiger partial charge on any atom is -0.274 e. The Morgan fingerprint density at radius 1 is 1.00 bits per heavy atom. The van der Waals surface area contributed by atoms with Crippen molar-refractivity contribution in [1.29, 1.82) is 0 Å². The van der Waals surface area contributed by atoms with Gasteiger partial charge in [-0.3, -0.25) is 14.5 Å². The van der Waals surface area contributed by atoms with Crippen molar-refractivity contribution in [1.82, 2.24) is 0 Å². The summed E-state index contributed by atoms with van der Waals surface area (Å²) >= 11 is 11.9. The molecule has 112 valence electrons. The van der Waals surface area contributed by atoms with Crippen molar-refractivity contribution in [2.24, 2.45) is 5.92 Å². The molecular formula is C17H13Cl2NO2. The number of hydrogen-bond acceptors (Lipinski definition) is 2. The molecule has 0 N–H and O–H groups in total. The van der Waals surface area contributed by atoms with Crippen LogP contribution >= 0.6 is 23.2 Å². The minimum atomic E-state index is -0.357. The van der Waals surface area contributed by atoms with E-state index < -0.39 is 0 Å². The molecule has 2 aromatic carbocycles. The summed E-state index contributed by atoms with van der Waals surface area (Å²) in [6.45, 7) is 0. The lowest BCUT2D eigenvalue weighted by atomic mass is 9.98. The van der Waals surface area contributed by atoms with Crippen molar-refractivity contribution in [3.63, 3.8) is 0 Å². The lowest BCUT2D eigenvalue weighted by Gasteiger charge is -2.15. The van der Waals surface area contributed by atoms with Gasteiger partial charge in [0.2, 0.25) is 11.8 Å². The molecule has 1 heterocycles. The molecule has 2 aromatic rings. The molecule has 0 saturated carbocycles. The number of benzene rings is 2. The van der Waals surface area contributed by atoms with Gasteiger partial charge in [0, 0.05) is 6.42 Å². The average molecular weight is 334 g/mol. The normalized spacial score (nSPS) is 18.1. The minimum absolute atomic E-state index is 0.165. The first-order chi connectivity index (χ1) is 10.6. The van der Waals surface area contributed by atoms with Crippen LogP contribution < -0.4 is 4.90 Å². The monoisotopic (exact) mass is 333 g/mol. The lowest BCUT2D eigenvalue weighted by Crippen LogP contribution is -2.30. The van der Waals surface area contributed by atoms with Gasteiger partial charge in [0.25, 0.3) is 0 Å². The zero-order chi connectivity index (χ0) is 15.7. The van der Waals surface area contributed by atoms with Gasteiger partial charge in [-0.15, -0.1) is 0 Å². The first kappa shape index (κ1) is 15.1. The van der Waals surface area contributed by atoms with Gasteiger partial charge in [0.1, 0.15) is 0 Å². The Bertz CT molecular complexity index is 731. The van der Waals surface area contributed by atoms with Crippen LogP contribution in [0.3, 0.4) is 0 Å². The van der Waals surface area contributed by atoms with E-state index >= 15 is 0 Å². The summed E-state index contributed by atoms with van der Waals surface area (Å²) in [5, 5.41) is 0.931. The van der Waals surface area contributed by atoms with Gasteiger partial charge in [-0.2, -0.15) is 0 Å². The summed E-state index contributed by atoms with van der Waals surface area (Å²) in [6.07, 6.45) is 0.693. The van der Waals surface area contributed by atoms with Crippen LogP contribution in [-0.4, -0.2) is 11.8 Å². The molecule has 5 heteroatoms. The molecule has 0 radical (unpaired) electrons. The third kappa shape index (κ3) is 2.87. The van der Waals surface area contributed by atoms with Crippen LogP contribution in [0.2, 0.25) is 10.0 Å². The maximum atomic E-state index is 12.5. The summed E-state index contributed by atoms with van der Waals surface area (Å²) in [5.41, 5.74) is 1.52. The molecule has 1 aliphatic rings. The number of amides is 2. The van der Waals surface area contributed by atoms with Gasteiger partial charge in [-0.05, 0) is 36.2 Å². The number of anilines is 1. The highest BCUT2D eigenvalue weighted by atomic mass is 35.5. The van der Waals surface area contributed by atoms with E-state index in [1.165, 1.54) is 4.90 Å². The number of carbonyl (C=O) groups excluding carboxylic acids is 2. The Morgan fingerprint density at radius 2 is 1.73 bits per heavy atom. The summed E-state index contributed by atoms with van der Waals surface area (Å²) < 4.78 is 0. The second-order valence-electron chi connectivity index (χ2n) is 5.26. The van der Waals surface area contributed by atoms with Crippen molar-refractivity contribution < 1.29 is 9.59 Å². The van der Waals surface area contributed by atoms with Crippen LogP contribution in [0.4, 0.5) is 5.69 Å². The van der Waals surface area contributed by atoms with Crippen molar-refractivity contribution >= 4 is 40.7 Å². The van der Waals surface area contributed by atoms with Gasteiger partial charge in [-0.1, -0.05) is 47.5 Å². The van der Waals surface area contributed by atoms with Crippen molar-refractivity contribution in [3.05, 3.63) is 64.1 Å². The van der Waals surface area contributed by atoms with Gasteiger partial charge >= 0.3 is 0 Å². The van der Waals surface area contributed by atoms with Crippen molar-refractivity contribution in [2.45, 2.75) is 12.8 Å². The molecule has 3 rings (SSSR count). The molecule has 0 bridgehead atoms. The van der Waals surface area contributed by atoms with Gasteiger partial charge < -0.3 is 0 Å². The highest BCUT2D eigenvalue weighted by Crippen LogP contribution is 2.30. The maximum absolute atomic E-state index is 12.5. The molecular weight excluding hydrogens is 321 g/mol. The molecule has 1 saturated heterocycles. The number of nitrogens with zero attached hydrogens (tertiary/aromatic N) is 1. The fraction of sp³-hybridized carbons (Fsp3) is 0.176. The highest BCUT2D eigenvalue weighted by Gasteiger charge is 2.39. The first-order valence-corrected chi connectivity index (χ1v) is 7.67. The third-order valence-electron chi connectivity index (χ3n) is 3.72. The van der Waals surface area contributed by atoms with Crippen LogP contribution in [-0.2, 0) is 16.0 Å². The molecule has 0 spiro atoms. The number of halogens is 2. The van der Waals surface area contributed by atoms with E-state index in [-0.39, 0.29) is 24.2 Å². The number of hydrogen-bond donors (Lipinski definition) is 0. The van der Waals surface area contributed by atoms with Crippen LogP contribution in [0.15, 0.2) is 48.5 Å². The molecule has 1 fully saturated rings. The van der Waals surface area contributed by atoms with Gasteiger partial charge in [-0.25, -0.2) is 0 Å². The number of imide groups is 1. The standard InChI is InChI=1S/C17H13Cl2NO2/c18-14-7-6-11(9-15(14)19)8-12-10-16(21)20(17(12)22)13-4-2-1-3-5-13/h1-7,9,12H,8,10H2. The van der Waals surface area contributed by atoms with Crippen molar-refractivity contribution in [3.8, 4) is 0 Å². The summed E-state index contributed by atoms with van der Waals surface area (Å²) in [4.78, 5) is 25.9. The molecule has 1 aliphatic heterocycles. The zero-order valence-corrected chi connectivity index (χ0v) is 13.1. The maximum Gasteiger partial charge on any atom is 0.237 e. The summed E-state index contributed by atoms with van der Waals surface area (Å²) in [7, 11) is 0. The van der Waals surface area contributed by atoms with E-state index in [0.717, 1.165) is 5.56 Å². The van der Waals surface area contributed by atoms with Crippen molar-refractivity contribution in [2.75, 3.05) is 4.90 Å². The Morgan fingerprint density at radius 3 is 2.41 bits per heavy atom. The van der Waals surface area contributed by atoms with Crippen LogP contribution in [0.1, 0.15) is 12.0 Å². The predicted octanol–water partition coefficient (Wildman–Crippen LogP) is 4.12. The van der Waals surface area contributed by atoms with Crippen LogP contribution in [0.25, 0.3) is 0 Å². The molecule has 0 aliphatic carbocycles. The topological polar surface area (TPSA) is 37.4 Å².